The summed E-state index contributed by atoms with van der Waals surface area (Å²) >= 11 is 0. The molecule has 1 saturated carbocycles. The zero-order valence-electron chi connectivity index (χ0n) is 10.1. The van der Waals surface area contributed by atoms with Crippen molar-refractivity contribution in [1.82, 2.24) is 10.5 Å². The number of hydrogen-bond acceptors (Lipinski definition) is 4. The number of halogens is 2. The predicted octanol–water partition coefficient (Wildman–Crippen LogP) is 1.18. The highest BCUT2D eigenvalue weighted by molar-refractivity contribution is 5.84. The van der Waals surface area contributed by atoms with E-state index in [1.165, 1.54) is 6.20 Å². The molecule has 1 aromatic heterocycles. The van der Waals surface area contributed by atoms with Gasteiger partial charge in [-0.3, -0.25) is 14.6 Å². The summed E-state index contributed by atoms with van der Waals surface area (Å²) in [6.45, 7) is -0.0753. The molecule has 1 heterocycles. The highest BCUT2D eigenvalue weighted by atomic mass is 19.3. The number of carbonyl (C=O) groups excluding carboxylic acids is 1. The maximum absolute atomic E-state index is 13.6. The van der Waals surface area contributed by atoms with Crippen LogP contribution in [0.3, 0.4) is 0 Å². The number of nitrogens with one attached hydrogen (secondary N) is 1. The van der Waals surface area contributed by atoms with Gasteiger partial charge >= 0.3 is 11.8 Å². The number of carbonyl (C=O) groups is 1. The first-order valence-corrected chi connectivity index (χ1v) is 5.87. The molecule has 1 fully saturated rings. The van der Waals surface area contributed by atoms with Crippen LogP contribution >= 0.6 is 0 Å². The average Bonchev–Trinajstić information content (AvgIpc) is 2.36. The Morgan fingerprint density at radius 3 is 2.84 bits per heavy atom. The van der Waals surface area contributed by atoms with Gasteiger partial charge in [0, 0.05) is 12.4 Å². The summed E-state index contributed by atoms with van der Waals surface area (Å²) in [7, 11) is 0. The number of aliphatic hydroxyl groups is 1. The molecule has 0 radical (unpaired) electrons. The molecule has 0 aromatic carbocycles. The molecule has 1 amide bonds. The normalized spacial score (nSPS) is 17.6. The first kappa shape index (κ1) is 13.8. The van der Waals surface area contributed by atoms with Crippen LogP contribution in [0.15, 0.2) is 24.5 Å². The number of hydrogen-bond donors (Lipinski definition) is 2. The number of hydroxylamine groups is 1. The van der Waals surface area contributed by atoms with E-state index in [4.69, 9.17) is 4.84 Å². The van der Waals surface area contributed by atoms with Crippen molar-refractivity contribution >= 4 is 5.91 Å². The fraction of sp³-hybridized carbons (Fsp3) is 0.500. The Balaban J connectivity index is 1.84. The number of alkyl halides is 2. The van der Waals surface area contributed by atoms with Crippen molar-refractivity contribution < 1.29 is 23.5 Å². The molecule has 19 heavy (non-hydrogen) atoms. The van der Waals surface area contributed by atoms with Gasteiger partial charge in [0.1, 0.15) is 12.2 Å². The third-order valence-corrected chi connectivity index (χ3v) is 3.18. The van der Waals surface area contributed by atoms with Gasteiger partial charge in [-0.2, -0.15) is 8.78 Å². The zero-order valence-corrected chi connectivity index (χ0v) is 10.1. The minimum absolute atomic E-state index is 0.0753. The average molecular weight is 272 g/mol. The third kappa shape index (κ3) is 2.71. The summed E-state index contributed by atoms with van der Waals surface area (Å²) in [4.78, 5) is 19.8. The highest BCUT2D eigenvalue weighted by Gasteiger charge is 2.61. The Labute approximate surface area is 108 Å². The lowest BCUT2D eigenvalue weighted by Gasteiger charge is -2.41. The number of nitrogens with zero attached hydrogens (tertiary/aromatic N) is 1. The molecule has 0 spiro atoms. The fourth-order valence-electron chi connectivity index (χ4n) is 1.77. The van der Waals surface area contributed by atoms with Crippen molar-refractivity contribution in [2.24, 2.45) is 0 Å². The van der Waals surface area contributed by atoms with Crippen LogP contribution in [0.25, 0.3) is 0 Å². The molecule has 1 aromatic rings. The molecule has 1 aliphatic carbocycles. The van der Waals surface area contributed by atoms with E-state index in [1.807, 2.05) is 0 Å². The molecule has 0 aliphatic heterocycles. The van der Waals surface area contributed by atoms with E-state index in [0.29, 0.717) is 12.0 Å². The summed E-state index contributed by atoms with van der Waals surface area (Å²) in [6, 6.07) is 3.34. The largest absolute Gasteiger partial charge is 0.383 e. The van der Waals surface area contributed by atoms with Gasteiger partial charge in [0.25, 0.3) is 0 Å². The maximum atomic E-state index is 13.6. The second-order valence-corrected chi connectivity index (χ2v) is 4.54. The molecule has 0 unspecified atom stereocenters. The monoisotopic (exact) mass is 272 g/mol. The van der Waals surface area contributed by atoms with E-state index in [2.05, 4.69) is 4.98 Å². The summed E-state index contributed by atoms with van der Waals surface area (Å²) in [5.74, 6) is -5.47. The third-order valence-electron chi connectivity index (χ3n) is 3.18. The van der Waals surface area contributed by atoms with Gasteiger partial charge in [-0.25, -0.2) is 5.48 Å². The number of pyridine rings is 1. The molecule has 104 valence electrons. The van der Waals surface area contributed by atoms with Crippen molar-refractivity contribution in [2.45, 2.75) is 37.4 Å². The smallest absolute Gasteiger partial charge is 0.354 e. The van der Waals surface area contributed by atoms with Gasteiger partial charge in [0.05, 0.1) is 0 Å². The highest BCUT2D eigenvalue weighted by Crippen LogP contribution is 2.44. The van der Waals surface area contributed by atoms with Crippen LogP contribution in [-0.4, -0.2) is 27.5 Å². The lowest BCUT2D eigenvalue weighted by molar-refractivity contribution is -0.223. The fourth-order valence-corrected chi connectivity index (χ4v) is 1.77. The zero-order chi connectivity index (χ0) is 13.9. The molecule has 0 saturated heterocycles. The summed E-state index contributed by atoms with van der Waals surface area (Å²) in [5.41, 5.74) is 0.0605. The van der Waals surface area contributed by atoms with Crippen molar-refractivity contribution in [1.29, 1.82) is 0 Å². The van der Waals surface area contributed by atoms with Crippen LogP contribution in [-0.2, 0) is 16.2 Å². The topological polar surface area (TPSA) is 71.5 Å². The minimum Gasteiger partial charge on any atom is -0.383 e. The van der Waals surface area contributed by atoms with E-state index in [1.54, 1.807) is 23.8 Å². The molecule has 1 aliphatic rings. The molecule has 7 heteroatoms. The summed E-state index contributed by atoms with van der Waals surface area (Å²) in [5, 5.41) is 9.55. The van der Waals surface area contributed by atoms with E-state index < -0.39 is 17.4 Å². The lowest BCUT2D eigenvalue weighted by atomic mass is 9.75. The second kappa shape index (κ2) is 5.18. The Bertz CT molecular complexity index is 450. The summed E-state index contributed by atoms with van der Waals surface area (Å²) < 4.78 is 27.2. The van der Waals surface area contributed by atoms with Crippen molar-refractivity contribution in [3.63, 3.8) is 0 Å². The van der Waals surface area contributed by atoms with E-state index >= 15 is 0 Å². The Morgan fingerprint density at radius 2 is 2.32 bits per heavy atom. The molecule has 0 atom stereocenters. The maximum Gasteiger partial charge on any atom is 0.354 e. The molecular formula is C12H14F2N2O3. The van der Waals surface area contributed by atoms with Crippen molar-refractivity contribution in [2.75, 3.05) is 0 Å². The standard InChI is InChI=1S/C12H14F2N2O3/c13-12(14,11(18)4-2-5-11)10(17)16-19-8-9-3-1-6-15-7-9/h1,3,6-7,18H,2,4-5,8H2,(H,16,17). The Kier molecular flexibility index (Phi) is 3.77. The van der Waals surface area contributed by atoms with Crippen LogP contribution in [0.4, 0.5) is 8.78 Å². The number of rotatable bonds is 5. The van der Waals surface area contributed by atoms with Gasteiger partial charge in [-0.1, -0.05) is 6.07 Å². The van der Waals surface area contributed by atoms with Crippen molar-refractivity contribution in [3.05, 3.63) is 30.1 Å². The van der Waals surface area contributed by atoms with Gasteiger partial charge in [-0.05, 0) is 30.9 Å². The van der Waals surface area contributed by atoms with Crippen molar-refractivity contribution in [3.8, 4) is 0 Å². The Hall–Kier alpha value is -1.60. The number of aromatic nitrogens is 1. The quantitative estimate of drug-likeness (QED) is 0.790. The number of amides is 1. The Morgan fingerprint density at radius 1 is 1.58 bits per heavy atom. The predicted molar refractivity (Wildman–Crippen MR) is 60.9 cm³/mol. The van der Waals surface area contributed by atoms with Crippen LogP contribution < -0.4 is 5.48 Å². The molecule has 2 rings (SSSR count). The van der Waals surface area contributed by atoms with Crippen LogP contribution in [0.5, 0.6) is 0 Å². The van der Waals surface area contributed by atoms with Crippen LogP contribution in [0.2, 0.25) is 0 Å². The van der Waals surface area contributed by atoms with E-state index in [-0.39, 0.29) is 19.4 Å². The lowest BCUT2D eigenvalue weighted by Crippen LogP contribution is -2.60. The van der Waals surface area contributed by atoms with E-state index in [9.17, 15) is 18.7 Å². The minimum atomic E-state index is -3.85. The SMILES string of the molecule is O=C(NOCc1cccnc1)C(F)(F)C1(O)CCC1. The first-order chi connectivity index (χ1) is 8.96. The summed E-state index contributed by atoms with van der Waals surface area (Å²) in [6.07, 6.45) is 3.36. The van der Waals surface area contributed by atoms with Gasteiger partial charge in [0.15, 0.2) is 0 Å². The molecule has 0 bridgehead atoms. The van der Waals surface area contributed by atoms with Crippen LogP contribution in [0.1, 0.15) is 24.8 Å². The van der Waals surface area contributed by atoms with Gasteiger partial charge < -0.3 is 5.11 Å². The first-order valence-electron chi connectivity index (χ1n) is 5.87. The van der Waals surface area contributed by atoms with E-state index in [0.717, 1.165) is 0 Å². The van der Waals surface area contributed by atoms with Gasteiger partial charge in [-0.15, -0.1) is 0 Å². The molecular weight excluding hydrogens is 258 g/mol. The van der Waals surface area contributed by atoms with Crippen LogP contribution in [0, 0.1) is 0 Å². The molecule has 5 nitrogen and oxygen atoms in total. The molecule has 2 N–H and O–H groups in total. The van der Waals surface area contributed by atoms with Gasteiger partial charge in [0.2, 0.25) is 0 Å². The second-order valence-electron chi connectivity index (χ2n) is 4.54.